The number of anilines is 3. The number of nitrogens with zero attached hydrogens (tertiary/aromatic N) is 4. The summed E-state index contributed by atoms with van der Waals surface area (Å²) in [6, 6.07) is 0.258. The number of hydrogen-bond donors (Lipinski definition) is 4. The second-order valence-corrected chi connectivity index (χ2v) is 6.68. The van der Waals surface area contributed by atoms with E-state index in [0.717, 1.165) is 50.6 Å². The van der Waals surface area contributed by atoms with Crippen LogP contribution in [-0.2, 0) is 0 Å². The molecular weight excluding hydrogens is 330 g/mol. The number of hydrogen-bond acceptors (Lipinski definition) is 8. The minimum absolute atomic E-state index is 0.195. The van der Waals surface area contributed by atoms with Crippen molar-refractivity contribution in [2.45, 2.75) is 57.6 Å². The van der Waals surface area contributed by atoms with E-state index in [9.17, 15) is 5.11 Å². The van der Waals surface area contributed by atoms with Gasteiger partial charge in [-0.3, -0.25) is 4.98 Å². The van der Waals surface area contributed by atoms with Gasteiger partial charge < -0.3 is 21.5 Å². The van der Waals surface area contributed by atoms with Crippen LogP contribution in [0.25, 0.3) is 11.3 Å². The molecule has 140 valence electrons. The van der Waals surface area contributed by atoms with E-state index < -0.39 is 0 Å². The van der Waals surface area contributed by atoms with E-state index in [1.807, 2.05) is 0 Å². The molecule has 1 saturated carbocycles. The Morgan fingerprint density at radius 3 is 2.65 bits per heavy atom. The fourth-order valence-corrected chi connectivity index (χ4v) is 3.10. The summed E-state index contributed by atoms with van der Waals surface area (Å²) in [5.41, 5.74) is 7.32. The predicted octanol–water partition coefficient (Wildman–Crippen LogP) is 2.44. The number of aliphatic hydroxyl groups excluding tert-OH is 1. The molecule has 0 radical (unpaired) electrons. The summed E-state index contributed by atoms with van der Waals surface area (Å²) in [5.74, 6) is 1.64. The molecule has 1 fully saturated rings. The number of nitrogen functional groups attached to an aromatic ring is 1. The van der Waals surface area contributed by atoms with Crippen molar-refractivity contribution >= 4 is 17.6 Å². The molecule has 0 amide bonds. The van der Waals surface area contributed by atoms with Crippen molar-refractivity contribution in [3.8, 4) is 11.3 Å². The Labute approximate surface area is 153 Å². The molecule has 8 heteroatoms. The molecule has 5 N–H and O–H groups in total. The highest BCUT2D eigenvalue weighted by molar-refractivity contribution is 5.78. The van der Waals surface area contributed by atoms with Gasteiger partial charge in [-0.2, -0.15) is 4.98 Å². The first-order valence-corrected chi connectivity index (χ1v) is 9.29. The molecule has 0 spiro atoms. The number of aromatic nitrogens is 4. The number of nitrogens with one attached hydrogen (secondary N) is 2. The lowest BCUT2D eigenvalue weighted by molar-refractivity contribution is 0.126. The molecule has 0 saturated heterocycles. The largest absolute Gasteiger partial charge is 0.393 e. The average molecular weight is 357 g/mol. The van der Waals surface area contributed by atoms with Gasteiger partial charge in [0.15, 0.2) is 0 Å². The van der Waals surface area contributed by atoms with Crippen LogP contribution in [0, 0.1) is 0 Å². The van der Waals surface area contributed by atoms with Gasteiger partial charge in [-0.05, 0) is 32.1 Å². The fourth-order valence-electron chi connectivity index (χ4n) is 3.10. The minimum Gasteiger partial charge on any atom is -0.393 e. The van der Waals surface area contributed by atoms with Crippen LogP contribution in [0.3, 0.4) is 0 Å². The second-order valence-electron chi connectivity index (χ2n) is 6.68. The third-order valence-corrected chi connectivity index (χ3v) is 4.62. The number of nitrogens with two attached hydrogens (primary N) is 1. The third kappa shape index (κ3) is 4.57. The van der Waals surface area contributed by atoms with Crippen LogP contribution in [0.4, 0.5) is 17.6 Å². The van der Waals surface area contributed by atoms with Gasteiger partial charge in [0.1, 0.15) is 17.3 Å². The molecule has 2 aromatic heterocycles. The summed E-state index contributed by atoms with van der Waals surface area (Å²) in [7, 11) is 0. The summed E-state index contributed by atoms with van der Waals surface area (Å²) >= 11 is 0. The maximum Gasteiger partial charge on any atom is 0.224 e. The van der Waals surface area contributed by atoms with Crippen LogP contribution in [0.2, 0.25) is 0 Å². The van der Waals surface area contributed by atoms with Crippen LogP contribution < -0.4 is 16.4 Å². The van der Waals surface area contributed by atoms with Crippen molar-refractivity contribution in [3.63, 3.8) is 0 Å². The summed E-state index contributed by atoms with van der Waals surface area (Å²) < 4.78 is 0. The SMILES string of the molecule is CCCCNc1ncc(-c2nccnc2N)c(NC2CCC(O)CC2)n1. The monoisotopic (exact) mass is 357 g/mol. The van der Waals surface area contributed by atoms with Gasteiger partial charge in [-0.15, -0.1) is 0 Å². The molecule has 0 aliphatic heterocycles. The van der Waals surface area contributed by atoms with Crippen molar-refractivity contribution in [1.82, 2.24) is 19.9 Å². The molecule has 0 atom stereocenters. The lowest BCUT2D eigenvalue weighted by Gasteiger charge is -2.27. The van der Waals surface area contributed by atoms with E-state index in [2.05, 4.69) is 37.5 Å². The standard InChI is InChI=1S/C18H27N7O/c1-2-3-8-22-18-23-11-14(15-16(19)21-10-9-20-15)17(25-18)24-12-4-6-13(26)7-5-12/h9-13,26H,2-8H2,1H3,(H2,19,21)(H2,22,23,24,25). The number of unbranched alkanes of at least 4 members (excludes halogenated alkanes) is 1. The summed E-state index contributed by atoms with van der Waals surface area (Å²) in [5, 5.41) is 16.5. The highest BCUT2D eigenvalue weighted by atomic mass is 16.3. The van der Waals surface area contributed by atoms with Crippen LogP contribution in [0.1, 0.15) is 45.4 Å². The number of rotatable bonds is 7. The Morgan fingerprint density at radius 2 is 1.92 bits per heavy atom. The van der Waals surface area contributed by atoms with E-state index in [-0.39, 0.29) is 12.1 Å². The lowest BCUT2D eigenvalue weighted by Crippen LogP contribution is -2.29. The third-order valence-electron chi connectivity index (χ3n) is 4.62. The first kappa shape index (κ1) is 18.3. The van der Waals surface area contributed by atoms with E-state index >= 15 is 0 Å². The average Bonchev–Trinajstić information content (AvgIpc) is 2.65. The zero-order chi connectivity index (χ0) is 18.4. The van der Waals surface area contributed by atoms with Crippen molar-refractivity contribution in [1.29, 1.82) is 0 Å². The van der Waals surface area contributed by atoms with Crippen LogP contribution in [-0.4, -0.2) is 43.7 Å². The molecule has 0 bridgehead atoms. The first-order chi connectivity index (χ1) is 12.7. The molecule has 8 nitrogen and oxygen atoms in total. The van der Waals surface area contributed by atoms with Gasteiger partial charge in [0.05, 0.1) is 11.7 Å². The highest BCUT2D eigenvalue weighted by Crippen LogP contribution is 2.30. The van der Waals surface area contributed by atoms with Crippen LogP contribution >= 0.6 is 0 Å². The molecule has 1 aliphatic carbocycles. The molecule has 2 aromatic rings. The molecule has 26 heavy (non-hydrogen) atoms. The molecule has 3 rings (SSSR count). The number of aliphatic hydroxyl groups is 1. The van der Waals surface area contributed by atoms with Gasteiger partial charge >= 0.3 is 0 Å². The summed E-state index contributed by atoms with van der Waals surface area (Å²) in [6.07, 6.45) is 10.3. The molecule has 0 unspecified atom stereocenters. The summed E-state index contributed by atoms with van der Waals surface area (Å²) in [6.45, 7) is 2.98. The van der Waals surface area contributed by atoms with Crippen LogP contribution in [0.5, 0.6) is 0 Å². The van der Waals surface area contributed by atoms with Gasteiger partial charge in [-0.25, -0.2) is 9.97 Å². The van der Waals surface area contributed by atoms with Crippen LogP contribution in [0.15, 0.2) is 18.6 Å². The van der Waals surface area contributed by atoms with E-state index in [1.165, 1.54) is 0 Å². The first-order valence-electron chi connectivity index (χ1n) is 9.29. The van der Waals surface area contributed by atoms with Crippen molar-refractivity contribution in [3.05, 3.63) is 18.6 Å². The molecular formula is C18H27N7O. The van der Waals surface area contributed by atoms with Gasteiger partial charge in [0.25, 0.3) is 0 Å². The normalized spacial score (nSPS) is 19.9. The Hall–Kier alpha value is -2.48. The highest BCUT2D eigenvalue weighted by Gasteiger charge is 2.22. The maximum atomic E-state index is 9.73. The smallest absolute Gasteiger partial charge is 0.224 e. The Morgan fingerprint density at radius 1 is 1.15 bits per heavy atom. The fraction of sp³-hybridized carbons (Fsp3) is 0.556. The van der Waals surface area contributed by atoms with Crippen molar-refractivity contribution in [2.75, 3.05) is 22.9 Å². The maximum absolute atomic E-state index is 9.73. The molecule has 0 aromatic carbocycles. The second kappa shape index (κ2) is 8.75. The van der Waals surface area contributed by atoms with Gasteiger partial charge in [0.2, 0.25) is 5.95 Å². The topological polar surface area (TPSA) is 122 Å². The Bertz CT molecular complexity index is 716. The predicted molar refractivity (Wildman–Crippen MR) is 103 cm³/mol. The van der Waals surface area contributed by atoms with E-state index in [4.69, 9.17) is 5.73 Å². The molecule has 2 heterocycles. The van der Waals surface area contributed by atoms with Crippen molar-refractivity contribution < 1.29 is 5.11 Å². The van der Waals surface area contributed by atoms with Gasteiger partial charge in [-0.1, -0.05) is 13.3 Å². The zero-order valence-corrected chi connectivity index (χ0v) is 15.1. The zero-order valence-electron chi connectivity index (χ0n) is 15.1. The van der Waals surface area contributed by atoms with Crippen molar-refractivity contribution in [2.24, 2.45) is 0 Å². The van der Waals surface area contributed by atoms with Gasteiger partial charge in [0, 0.05) is 31.2 Å². The minimum atomic E-state index is -0.195. The lowest BCUT2D eigenvalue weighted by atomic mass is 9.93. The van der Waals surface area contributed by atoms with E-state index in [1.54, 1.807) is 18.6 Å². The van der Waals surface area contributed by atoms with E-state index in [0.29, 0.717) is 23.3 Å². The molecule has 1 aliphatic rings. The Kier molecular flexibility index (Phi) is 6.17. The Balaban J connectivity index is 1.86. The summed E-state index contributed by atoms with van der Waals surface area (Å²) in [4.78, 5) is 17.5. The quantitative estimate of drug-likeness (QED) is 0.557.